The molecule has 1 amide bonds. The second-order valence-corrected chi connectivity index (χ2v) is 10.5. The predicted octanol–water partition coefficient (Wildman–Crippen LogP) is 5.91. The molecule has 10 heteroatoms. The van der Waals surface area contributed by atoms with Crippen LogP contribution in [0.3, 0.4) is 0 Å². The number of aromatic nitrogens is 3. The third-order valence-corrected chi connectivity index (χ3v) is 7.60. The predicted molar refractivity (Wildman–Crippen MR) is 151 cm³/mol. The maximum atomic E-state index is 12.9. The van der Waals surface area contributed by atoms with Crippen LogP contribution >= 0.6 is 23.1 Å². The lowest BCUT2D eigenvalue weighted by Gasteiger charge is -2.10. The third kappa shape index (κ3) is 6.32. The number of methoxy groups -OCH3 is 1. The number of benzene rings is 2. The van der Waals surface area contributed by atoms with E-state index in [1.54, 1.807) is 6.08 Å². The first-order valence-corrected chi connectivity index (χ1v) is 13.6. The van der Waals surface area contributed by atoms with Gasteiger partial charge in [-0.1, -0.05) is 65.9 Å². The number of amides is 1. The molecule has 0 saturated heterocycles. The average Bonchev–Trinajstić information content (AvgIpc) is 3.46. The number of nitrogens with one attached hydrogen (secondary N) is 1. The number of hydrogen-bond donors (Lipinski definition) is 1. The molecule has 2 aromatic carbocycles. The van der Waals surface area contributed by atoms with E-state index >= 15 is 0 Å². The molecule has 0 spiro atoms. The van der Waals surface area contributed by atoms with Crippen LogP contribution < -0.4 is 10.1 Å². The van der Waals surface area contributed by atoms with Crippen molar-refractivity contribution in [1.29, 1.82) is 0 Å². The summed E-state index contributed by atoms with van der Waals surface area (Å²) < 4.78 is 12.8. The van der Waals surface area contributed by atoms with Crippen LogP contribution in [-0.4, -0.2) is 39.5 Å². The summed E-state index contributed by atoms with van der Waals surface area (Å²) in [7, 11) is 1.33. The molecule has 8 nitrogen and oxygen atoms in total. The molecule has 2 aromatic heterocycles. The van der Waals surface area contributed by atoms with Crippen LogP contribution in [0.25, 0.3) is 11.1 Å². The quantitative estimate of drug-likeness (QED) is 0.142. The van der Waals surface area contributed by atoms with Crippen molar-refractivity contribution in [2.45, 2.75) is 32.2 Å². The highest BCUT2D eigenvalue weighted by molar-refractivity contribution is 7.99. The van der Waals surface area contributed by atoms with Crippen LogP contribution in [0.4, 0.5) is 5.00 Å². The minimum absolute atomic E-state index is 0.0757. The van der Waals surface area contributed by atoms with Gasteiger partial charge in [-0.05, 0) is 31.5 Å². The first-order chi connectivity index (χ1) is 18.4. The average molecular weight is 549 g/mol. The van der Waals surface area contributed by atoms with Crippen LogP contribution in [0, 0.1) is 13.8 Å². The zero-order chi connectivity index (χ0) is 27.1. The van der Waals surface area contributed by atoms with Gasteiger partial charge in [0.1, 0.15) is 22.9 Å². The van der Waals surface area contributed by atoms with Crippen LogP contribution in [-0.2, 0) is 22.7 Å². The van der Waals surface area contributed by atoms with Gasteiger partial charge >= 0.3 is 5.97 Å². The lowest BCUT2D eigenvalue weighted by molar-refractivity contribution is -0.113. The second kappa shape index (κ2) is 12.6. The summed E-state index contributed by atoms with van der Waals surface area (Å²) in [6.07, 6.45) is 1.74. The Hall–Kier alpha value is -3.89. The van der Waals surface area contributed by atoms with Gasteiger partial charge in [-0.15, -0.1) is 28.1 Å². The molecule has 196 valence electrons. The number of thioether (sulfide) groups is 1. The van der Waals surface area contributed by atoms with Gasteiger partial charge in [0.2, 0.25) is 5.91 Å². The molecule has 0 saturated carbocycles. The fourth-order valence-corrected chi connectivity index (χ4v) is 5.65. The van der Waals surface area contributed by atoms with E-state index in [1.807, 2.05) is 73.0 Å². The lowest BCUT2D eigenvalue weighted by Crippen LogP contribution is -2.16. The number of ether oxygens (including phenoxy) is 2. The Labute approximate surface area is 229 Å². The van der Waals surface area contributed by atoms with E-state index in [4.69, 9.17) is 9.47 Å². The first-order valence-electron chi connectivity index (χ1n) is 11.8. The standard InChI is InChI=1S/C28H28N4O4S2/c1-5-15-32-22(16-36-21-13-11-18(2)12-14-21)30-31-28(32)37-17-23(33)29-26-25(27(34)35-4)24(19(3)38-26)20-9-7-6-8-10-20/h5-14H,1,15-17H2,2-4H3,(H,29,33). The summed E-state index contributed by atoms with van der Waals surface area (Å²) in [5, 5.41) is 12.4. The molecule has 0 unspecified atom stereocenters. The van der Waals surface area contributed by atoms with Gasteiger partial charge in [0.05, 0.1) is 12.9 Å². The normalized spacial score (nSPS) is 10.7. The Bertz CT molecular complexity index is 1430. The minimum atomic E-state index is -0.500. The van der Waals surface area contributed by atoms with Gasteiger partial charge in [-0.2, -0.15) is 0 Å². The number of esters is 1. The highest BCUT2D eigenvalue weighted by Gasteiger charge is 2.25. The zero-order valence-electron chi connectivity index (χ0n) is 21.4. The monoisotopic (exact) mass is 548 g/mol. The van der Waals surface area contributed by atoms with Crippen molar-refractivity contribution < 1.29 is 19.1 Å². The van der Waals surface area contributed by atoms with Gasteiger partial charge in [0.25, 0.3) is 0 Å². The number of thiophene rings is 1. The molecule has 0 aliphatic rings. The van der Waals surface area contributed by atoms with Gasteiger partial charge < -0.3 is 14.8 Å². The van der Waals surface area contributed by atoms with Crippen molar-refractivity contribution in [1.82, 2.24) is 14.8 Å². The molecule has 0 aliphatic heterocycles. The SMILES string of the molecule is C=CCn1c(COc2ccc(C)cc2)nnc1SCC(=O)Nc1sc(C)c(-c2ccccc2)c1C(=O)OC. The summed E-state index contributed by atoms with van der Waals surface area (Å²) in [5.74, 6) is 0.668. The number of aryl methyl sites for hydroxylation is 2. The van der Waals surface area contributed by atoms with E-state index in [0.717, 1.165) is 27.3 Å². The Kier molecular flexibility index (Phi) is 8.98. The zero-order valence-corrected chi connectivity index (χ0v) is 23.0. The van der Waals surface area contributed by atoms with E-state index in [0.29, 0.717) is 28.1 Å². The maximum absolute atomic E-state index is 12.9. The molecule has 0 atom stereocenters. The van der Waals surface area contributed by atoms with Gasteiger partial charge in [0.15, 0.2) is 11.0 Å². The molecule has 1 N–H and O–H groups in total. The lowest BCUT2D eigenvalue weighted by atomic mass is 10.0. The first kappa shape index (κ1) is 27.2. The van der Waals surface area contributed by atoms with Crippen LogP contribution in [0.5, 0.6) is 5.75 Å². The van der Waals surface area contributed by atoms with E-state index in [9.17, 15) is 9.59 Å². The molecule has 0 bridgehead atoms. The topological polar surface area (TPSA) is 95.3 Å². The molecule has 4 rings (SSSR count). The second-order valence-electron chi connectivity index (χ2n) is 8.33. The van der Waals surface area contributed by atoms with E-state index in [-0.39, 0.29) is 18.3 Å². The molecule has 0 fully saturated rings. The van der Waals surface area contributed by atoms with Crippen molar-refractivity contribution >= 4 is 40.0 Å². The van der Waals surface area contributed by atoms with Crippen LogP contribution in [0.15, 0.2) is 72.4 Å². The summed E-state index contributed by atoms with van der Waals surface area (Å²) in [6, 6.07) is 17.3. The number of carbonyl (C=O) groups is 2. The number of nitrogens with zero attached hydrogens (tertiary/aromatic N) is 3. The molecule has 0 radical (unpaired) electrons. The molecular formula is C28H28N4O4S2. The highest BCUT2D eigenvalue weighted by Crippen LogP contribution is 2.40. The number of anilines is 1. The van der Waals surface area contributed by atoms with Crippen molar-refractivity contribution in [2.75, 3.05) is 18.2 Å². The summed E-state index contributed by atoms with van der Waals surface area (Å²) in [6.45, 7) is 8.46. The Balaban J connectivity index is 1.46. The third-order valence-electron chi connectivity index (χ3n) is 5.62. The van der Waals surface area contributed by atoms with Crippen LogP contribution in [0.1, 0.15) is 26.6 Å². The van der Waals surface area contributed by atoms with E-state index in [1.165, 1.54) is 30.2 Å². The van der Waals surface area contributed by atoms with Crippen LogP contribution in [0.2, 0.25) is 0 Å². The minimum Gasteiger partial charge on any atom is -0.486 e. The highest BCUT2D eigenvalue weighted by atomic mass is 32.2. The molecule has 0 aliphatic carbocycles. The van der Waals surface area contributed by atoms with Gasteiger partial charge in [-0.3, -0.25) is 9.36 Å². The number of rotatable bonds is 11. The molecule has 4 aromatic rings. The Morgan fingerprint density at radius 2 is 1.84 bits per heavy atom. The largest absolute Gasteiger partial charge is 0.486 e. The van der Waals surface area contributed by atoms with E-state index < -0.39 is 5.97 Å². The smallest absolute Gasteiger partial charge is 0.341 e. The fourth-order valence-electron chi connectivity index (χ4n) is 3.80. The number of hydrogen-bond acceptors (Lipinski definition) is 8. The van der Waals surface area contributed by atoms with Crippen molar-refractivity contribution in [3.8, 4) is 16.9 Å². The van der Waals surface area contributed by atoms with E-state index in [2.05, 4.69) is 22.1 Å². The van der Waals surface area contributed by atoms with Gasteiger partial charge in [0, 0.05) is 17.0 Å². The summed E-state index contributed by atoms with van der Waals surface area (Å²) >= 11 is 2.59. The number of allylic oxidation sites excluding steroid dienone is 1. The summed E-state index contributed by atoms with van der Waals surface area (Å²) in [4.78, 5) is 26.5. The summed E-state index contributed by atoms with van der Waals surface area (Å²) in [5.41, 5.74) is 3.14. The Morgan fingerprint density at radius 3 is 2.53 bits per heavy atom. The molecule has 38 heavy (non-hydrogen) atoms. The molecule has 2 heterocycles. The van der Waals surface area contributed by atoms with Crippen molar-refractivity contribution in [3.63, 3.8) is 0 Å². The van der Waals surface area contributed by atoms with Gasteiger partial charge in [-0.25, -0.2) is 4.79 Å². The molecular weight excluding hydrogens is 520 g/mol. The maximum Gasteiger partial charge on any atom is 0.341 e. The number of carbonyl (C=O) groups excluding carboxylic acids is 2. The Morgan fingerprint density at radius 1 is 1.11 bits per heavy atom. The van der Waals surface area contributed by atoms with Crippen molar-refractivity contribution in [3.05, 3.63) is 89.1 Å². The fraction of sp³-hybridized carbons (Fsp3) is 0.214. The van der Waals surface area contributed by atoms with Crippen molar-refractivity contribution in [2.24, 2.45) is 0 Å².